The number of halogens is 3. The molecule has 140 valence electrons. The molecule has 0 unspecified atom stereocenters. The van der Waals surface area contributed by atoms with E-state index in [4.69, 9.17) is 0 Å². The lowest BCUT2D eigenvalue weighted by atomic mass is 9.72. The summed E-state index contributed by atoms with van der Waals surface area (Å²) in [5.41, 5.74) is -1.40. The monoisotopic (exact) mass is 358 g/mol. The molecule has 1 heterocycles. The lowest BCUT2D eigenvalue weighted by Crippen LogP contribution is -2.54. The van der Waals surface area contributed by atoms with Gasteiger partial charge in [-0.1, -0.05) is 18.2 Å². The zero-order valence-corrected chi connectivity index (χ0v) is 14.8. The number of nitrogens with zero attached hydrogens (tertiary/aromatic N) is 1. The van der Waals surface area contributed by atoms with Crippen molar-refractivity contribution in [2.45, 2.75) is 50.7 Å². The van der Waals surface area contributed by atoms with Gasteiger partial charge in [0.1, 0.15) is 0 Å². The number of hydrogen-bond acceptors (Lipinski definition) is 2. The quantitative estimate of drug-likeness (QED) is 0.855. The molecular formula is C18H25F3N2O2. The maximum Gasteiger partial charge on any atom is 0.416 e. The van der Waals surface area contributed by atoms with E-state index in [0.29, 0.717) is 31.5 Å². The average Bonchev–Trinajstić information content (AvgIpc) is 2.51. The van der Waals surface area contributed by atoms with Crippen LogP contribution < -0.4 is 5.32 Å². The Bertz CT molecular complexity index is 617. The van der Waals surface area contributed by atoms with Gasteiger partial charge >= 0.3 is 12.3 Å². The van der Waals surface area contributed by atoms with Gasteiger partial charge in [-0.25, -0.2) is 4.79 Å². The lowest BCUT2D eigenvalue weighted by Gasteiger charge is -2.45. The molecular weight excluding hydrogens is 333 g/mol. The summed E-state index contributed by atoms with van der Waals surface area (Å²) in [6.07, 6.45) is -4.29. The molecule has 25 heavy (non-hydrogen) atoms. The number of rotatable bonds is 3. The van der Waals surface area contributed by atoms with Crippen molar-refractivity contribution in [1.29, 1.82) is 0 Å². The summed E-state index contributed by atoms with van der Waals surface area (Å²) in [6.45, 7) is 6.85. The zero-order chi connectivity index (χ0) is 18.9. The van der Waals surface area contributed by atoms with E-state index in [1.807, 2.05) is 0 Å². The normalized spacial score (nSPS) is 18.0. The highest BCUT2D eigenvalue weighted by atomic mass is 19.4. The number of hydrogen-bond donors (Lipinski definition) is 2. The minimum atomic E-state index is -4.42. The van der Waals surface area contributed by atoms with Crippen LogP contribution in [0, 0.1) is 0 Å². The Morgan fingerprint density at radius 3 is 2.32 bits per heavy atom. The van der Waals surface area contributed by atoms with Crippen LogP contribution >= 0.6 is 0 Å². The number of carboxylic acid groups (broad SMARTS) is 1. The van der Waals surface area contributed by atoms with Gasteiger partial charge in [-0.05, 0) is 58.3 Å². The molecule has 0 aliphatic carbocycles. The molecule has 0 saturated carbocycles. The summed E-state index contributed by atoms with van der Waals surface area (Å²) < 4.78 is 39.4. The van der Waals surface area contributed by atoms with Gasteiger partial charge in [0.05, 0.1) is 5.56 Å². The van der Waals surface area contributed by atoms with Crippen molar-refractivity contribution in [2.75, 3.05) is 19.6 Å². The highest BCUT2D eigenvalue weighted by molar-refractivity contribution is 5.66. The van der Waals surface area contributed by atoms with E-state index in [9.17, 15) is 23.1 Å². The second-order valence-electron chi connectivity index (χ2n) is 7.65. The second-order valence-corrected chi connectivity index (χ2v) is 7.65. The molecule has 0 radical (unpaired) electrons. The van der Waals surface area contributed by atoms with E-state index in [-0.39, 0.29) is 6.54 Å². The lowest BCUT2D eigenvalue weighted by molar-refractivity contribution is -0.137. The fourth-order valence-electron chi connectivity index (χ4n) is 3.36. The molecule has 1 saturated heterocycles. The Balaban J connectivity index is 2.47. The molecule has 1 aliphatic rings. The molecule has 0 atom stereocenters. The van der Waals surface area contributed by atoms with Gasteiger partial charge in [-0.3, -0.25) is 0 Å². The standard InChI is InChI=1S/C18H25F3N2O2/c1-16(2,3)23(15(24)25)12-17(7-9-22-10-8-17)13-5-4-6-14(11-13)18(19,20)21/h4-6,11,22H,7-10,12H2,1-3H3,(H,24,25). The van der Waals surface area contributed by atoms with Crippen molar-refractivity contribution >= 4 is 6.09 Å². The van der Waals surface area contributed by atoms with Crippen LogP contribution in [0.2, 0.25) is 0 Å². The van der Waals surface area contributed by atoms with E-state index in [1.54, 1.807) is 26.8 Å². The Morgan fingerprint density at radius 2 is 1.84 bits per heavy atom. The summed E-state index contributed by atoms with van der Waals surface area (Å²) in [4.78, 5) is 13.1. The Hall–Kier alpha value is -1.76. The van der Waals surface area contributed by atoms with Crippen molar-refractivity contribution in [3.8, 4) is 0 Å². The molecule has 7 heteroatoms. The third-order valence-corrected chi connectivity index (χ3v) is 4.86. The Kier molecular flexibility index (Phi) is 5.37. The van der Waals surface area contributed by atoms with E-state index >= 15 is 0 Å². The van der Waals surface area contributed by atoms with E-state index in [2.05, 4.69) is 5.32 Å². The Labute approximate surface area is 146 Å². The van der Waals surface area contributed by atoms with Crippen LogP contribution in [0.15, 0.2) is 24.3 Å². The second kappa shape index (κ2) is 6.86. The molecule has 0 spiro atoms. The van der Waals surface area contributed by atoms with Crippen molar-refractivity contribution in [3.63, 3.8) is 0 Å². The maximum atomic E-state index is 13.1. The third kappa shape index (κ3) is 4.45. The smallest absolute Gasteiger partial charge is 0.416 e. The van der Waals surface area contributed by atoms with Crippen molar-refractivity contribution in [2.24, 2.45) is 0 Å². The van der Waals surface area contributed by atoms with Crippen LogP contribution in [0.25, 0.3) is 0 Å². The SMILES string of the molecule is CC(C)(C)N(CC1(c2cccc(C(F)(F)F)c2)CCNCC1)C(=O)O. The largest absolute Gasteiger partial charge is 0.465 e. The van der Waals surface area contributed by atoms with Gasteiger partial charge in [0.25, 0.3) is 0 Å². The van der Waals surface area contributed by atoms with Crippen LogP contribution in [-0.2, 0) is 11.6 Å². The molecule has 0 aromatic heterocycles. The van der Waals surface area contributed by atoms with Crippen molar-refractivity contribution < 1.29 is 23.1 Å². The van der Waals surface area contributed by atoms with Gasteiger partial charge in [0.15, 0.2) is 0 Å². The van der Waals surface area contributed by atoms with E-state index in [0.717, 1.165) is 6.07 Å². The molecule has 2 N–H and O–H groups in total. The van der Waals surface area contributed by atoms with Gasteiger partial charge in [0, 0.05) is 17.5 Å². The van der Waals surface area contributed by atoms with Crippen molar-refractivity contribution in [3.05, 3.63) is 35.4 Å². The minimum Gasteiger partial charge on any atom is -0.465 e. The first kappa shape index (κ1) is 19.6. The first-order valence-electron chi connectivity index (χ1n) is 8.35. The maximum absolute atomic E-state index is 13.1. The van der Waals surface area contributed by atoms with Crippen LogP contribution in [0.4, 0.5) is 18.0 Å². The molecule has 1 fully saturated rings. The summed E-state index contributed by atoms with van der Waals surface area (Å²) in [5, 5.41) is 12.8. The first-order valence-corrected chi connectivity index (χ1v) is 8.35. The molecule has 2 rings (SSSR count). The fourth-order valence-corrected chi connectivity index (χ4v) is 3.36. The summed E-state index contributed by atoms with van der Waals surface area (Å²) in [5.74, 6) is 0. The molecule has 0 bridgehead atoms. The highest BCUT2D eigenvalue weighted by Gasteiger charge is 2.41. The van der Waals surface area contributed by atoms with Gasteiger partial charge in [-0.2, -0.15) is 13.2 Å². The van der Waals surface area contributed by atoms with E-state index in [1.165, 1.54) is 17.0 Å². The molecule has 4 nitrogen and oxygen atoms in total. The predicted molar refractivity (Wildman–Crippen MR) is 89.7 cm³/mol. The van der Waals surface area contributed by atoms with Gasteiger partial charge in [-0.15, -0.1) is 0 Å². The fraction of sp³-hybridized carbons (Fsp3) is 0.611. The van der Waals surface area contributed by atoms with Gasteiger partial charge in [0.2, 0.25) is 0 Å². The average molecular weight is 358 g/mol. The molecule has 1 aromatic carbocycles. The summed E-state index contributed by atoms with van der Waals surface area (Å²) >= 11 is 0. The molecule has 1 aliphatic heterocycles. The van der Waals surface area contributed by atoms with Crippen LogP contribution in [-0.4, -0.2) is 41.3 Å². The topological polar surface area (TPSA) is 52.6 Å². The zero-order valence-electron chi connectivity index (χ0n) is 14.8. The highest BCUT2D eigenvalue weighted by Crippen LogP contribution is 2.39. The summed E-state index contributed by atoms with van der Waals surface area (Å²) in [6, 6.07) is 5.32. The number of amides is 1. The number of nitrogens with one attached hydrogen (secondary N) is 1. The molecule has 1 amide bonds. The van der Waals surface area contributed by atoms with Crippen LogP contribution in [0.5, 0.6) is 0 Å². The molecule has 1 aromatic rings. The number of carbonyl (C=O) groups is 1. The van der Waals surface area contributed by atoms with Gasteiger partial charge < -0.3 is 15.3 Å². The Morgan fingerprint density at radius 1 is 1.24 bits per heavy atom. The van der Waals surface area contributed by atoms with Crippen LogP contribution in [0.1, 0.15) is 44.7 Å². The first-order chi connectivity index (χ1) is 11.5. The number of piperidine rings is 1. The minimum absolute atomic E-state index is 0.175. The third-order valence-electron chi connectivity index (χ3n) is 4.86. The van der Waals surface area contributed by atoms with Crippen LogP contribution in [0.3, 0.4) is 0 Å². The predicted octanol–water partition coefficient (Wildman–Crippen LogP) is 4.11. The van der Waals surface area contributed by atoms with Crippen molar-refractivity contribution in [1.82, 2.24) is 10.2 Å². The summed E-state index contributed by atoms with van der Waals surface area (Å²) in [7, 11) is 0. The van der Waals surface area contributed by atoms with E-state index < -0.39 is 28.8 Å². The number of alkyl halides is 3. The number of benzene rings is 1.